The lowest BCUT2D eigenvalue weighted by atomic mass is 9.91. The number of benzene rings is 1. The number of ether oxygens (including phenoxy) is 1. The van der Waals surface area contributed by atoms with Gasteiger partial charge in [0.1, 0.15) is 11.6 Å². The van der Waals surface area contributed by atoms with Gasteiger partial charge in [-0.3, -0.25) is 0 Å². The lowest BCUT2D eigenvalue weighted by Gasteiger charge is -2.35. The molecule has 0 bridgehead atoms. The highest BCUT2D eigenvalue weighted by Crippen LogP contribution is 2.40. The lowest BCUT2D eigenvalue weighted by Crippen LogP contribution is -2.48. The van der Waals surface area contributed by atoms with Gasteiger partial charge in [0, 0.05) is 12.8 Å². The number of allylic oxidation sites excluding steroid dienone is 4. The quantitative estimate of drug-likeness (QED) is 0.201. The molecule has 2 unspecified atom stereocenters. The van der Waals surface area contributed by atoms with Crippen molar-refractivity contribution in [2.45, 2.75) is 50.9 Å². The Kier molecular flexibility index (Phi) is 8.36. The third-order valence-corrected chi connectivity index (χ3v) is 6.65. The molecule has 0 amide bonds. The van der Waals surface area contributed by atoms with Crippen LogP contribution in [0.4, 0.5) is 4.39 Å². The van der Waals surface area contributed by atoms with Gasteiger partial charge in [0.15, 0.2) is 6.23 Å². The fraction of sp³-hybridized carbons (Fsp3) is 0.407. The first-order valence-electron chi connectivity index (χ1n) is 11.7. The number of nitrogens with one attached hydrogen (secondary N) is 1. The zero-order valence-corrected chi connectivity index (χ0v) is 20.2. The van der Waals surface area contributed by atoms with Gasteiger partial charge in [0.05, 0.1) is 42.3 Å². The maximum atomic E-state index is 14.3. The van der Waals surface area contributed by atoms with Gasteiger partial charge < -0.3 is 30.2 Å². The molecule has 2 aliphatic rings. The fourth-order valence-electron chi connectivity index (χ4n) is 4.66. The Morgan fingerprint density at radius 1 is 1.34 bits per heavy atom. The van der Waals surface area contributed by atoms with Crippen molar-refractivity contribution in [3.63, 3.8) is 0 Å². The minimum Gasteiger partial charge on any atom is -0.516 e. The van der Waals surface area contributed by atoms with Crippen molar-refractivity contribution in [3.8, 4) is 11.8 Å². The summed E-state index contributed by atoms with van der Waals surface area (Å²) >= 11 is 0. The predicted molar refractivity (Wildman–Crippen MR) is 134 cm³/mol. The summed E-state index contributed by atoms with van der Waals surface area (Å²) in [6, 6.07) is 9.03. The molecule has 0 radical (unpaired) electrons. The highest BCUT2D eigenvalue weighted by atomic mass is 19.1. The van der Waals surface area contributed by atoms with E-state index in [1.165, 1.54) is 12.2 Å². The predicted octanol–water partition coefficient (Wildman–Crippen LogP) is 4.90. The van der Waals surface area contributed by atoms with Gasteiger partial charge in [-0.05, 0) is 74.6 Å². The summed E-state index contributed by atoms with van der Waals surface area (Å²) in [6.07, 6.45) is 7.47. The van der Waals surface area contributed by atoms with E-state index in [9.17, 15) is 9.50 Å². The molecule has 1 aromatic carbocycles. The van der Waals surface area contributed by atoms with Crippen LogP contribution in [0.3, 0.4) is 0 Å². The number of aliphatic hydroxyl groups excluding tert-OH is 2. The molecule has 35 heavy (non-hydrogen) atoms. The molecule has 8 heteroatoms. The van der Waals surface area contributed by atoms with Crippen molar-refractivity contribution < 1.29 is 19.3 Å². The van der Waals surface area contributed by atoms with E-state index in [0.717, 1.165) is 18.0 Å². The molecule has 7 nitrogen and oxygen atoms in total. The van der Waals surface area contributed by atoms with E-state index in [4.69, 9.17) is 20.5 Å². The van der Waals surface area contributed by atoms with Crippen LogP contribution in [0.15, 0.2) is 67.0 Å². The third-order valence-electron chi connectivity index (χ3n) is 6.65. The smallest absolute Gasteiger partial charge is 0.151 e. The van der Waals surface area contributed by atoms with Crippen LogP contribution in [-0.4, -0.2) is 57.2 Å². The molecule has 1 fully saturated rings. The molecule has 3 rings (SSSR count). The number of nitrogens with zero attached hydrogens (tertiary/aromatic N) is 3. The van der Waals surface area contributed by atoms with Gasteiger partial charge in [-0.1, -0.05) is 18.7 Å². The van der Waals surface area contributed by atoms with Gasteiger partial charge in [-0.25, -0.2) is 4.39 Å². The summed E-state index contributed by atoms with van der Waals surface area (Å²) in [6.45, 7) is 9.11. The van der Waals surface area contributed by atoms with Crippen LogP contribution < -0.4 is 4.74 Å². The first-order valence-corrected chi connectivity index (χ1v) is 11.7. The second-order valence-corrected chi connectivity index (χ2v) is 9.21. The molecule has 186 valence electrons. The maximum Gasteiger partial charge on any atom is 0.151 e. The zero-order chi connectivity index (χ0) is 25.6. The van der Waals surface area contributed by atoms with Crippen LogP contribution in [0.25, 0.3) is 5.57 Å². The van der Waals surface area contributed by atoms with E-state index in [2.05, 4.69) is 6.58 Å². The minimum absolute atomic E-state index is 0.339. The summed E-state index contributed by atoms with van der Waals surface area (Å²) in [4.78, 5) is 3.79. The van der Waals surface area contributed by atoms with Crippen molar-refractivity contribution in [1.29, 1.82) is 10.7 Å². The Morgan fingerprint density at radius 3 is 2.66 bits per heavy atom. The van der Waals surface area contributed by atoms with Crippen molar-refractivity contribution >= 4 is 11.8 Å². The van der Waals surface area contributed by atoms with E-state index in [1.54, 1.807) is 11.0 Å². The highest BCUT2D eigenvalue weighted by Gasteiger charge is 2.49. The Labute approximate surface area is 206 Å². The van der Waals surface area contributed by atoms with E-state index in [-0.39, 0.29) is 6.04 Å². The first kappa shape index (κ1) is 26.0. The molecule has 0 aromatic heterocycles. The van der Waals surface area contributed by atoms with Gasteiger partial charge in [-0.2, -0.15) is 5.26 Å². The summed E-state index contributed by atoms with van der Waals surface area (Å²) in [7, 11) is 0. The molecular formula is C27H33FN4O3. The van der Waals surface area contributed by atoms with Crippen LogP contribution in [0, 0.1) is 22.7 Å². The number of nitriles is 1. The van der Waals surface area contributed by atoms with E-state index in [0.29, 0.717) is 49.6 Å². The molecule has 1 aliphatic carbocycles. The summed E-state index contributed by atoms with van der Waals surface area (Å²) < 4.78 is 20.2. The Hall–Kier alpha value is -3.57. The summed E-state index contributed by atoms with van der Waals surface area (Å²) in [5, 5.41) is 36.4. The van der Waals surface area contributed by atoms with Crippen LogP contribution in [-0.2, 0) is 0 Å². The van der Waals surface area contributed by atoms with Gasteiger partial charge in [-0.15, -0.1) is 0 Å². The fourth-order valence-corrected chi connectivity index (χ4v) is 4.66. The van der Waals surface area contributed by atoms with Crippen LogP contribution >= 0.6 is 0 Å². The molecule has 1 saturated heterocycles. The van der Waals surface area contributed by atoms with E-state index in [1.807, 2.05) is 49.1 Å². The van der Waals surface area contributed by atoms with Crippen molar-refractivity contribution in [2.75, 3.05) is 13.2 Å². The largest absolute Gasteiger partial charge is 0.516 e. The molecule has 0 saturated carbocycles. The van der Waals surface area contributed by atoms with Crippen molar-refractivity contribution in [1.82, 2.24) is 9.80 Å². The summed E-state index contributed by atoms with van der Waals surface area (Å²) in [5.41, 5.74) is 0.944. The Morgan fingerprint density at radius 2 is 2.06 bits per heavy atom. The molecular weight excluding hydrogens is 447 g/mol. The number of aliphatic hydroxyl groups is 2. The van der Waals surface area contributed by atoms with Crippen LogP contribution in [0.5, 0.6) is 5.75 Å². The standard InChI is InChI=1S/C27H33FN4O3/c1-19-31(27(2,3)26(34)32(19)23-8-5-22(18-30)25(28)17-23)14-4-16-35-24-9-6-20(7-10-24)21(11-13-29)12-15-33/h6-7,9-13,15,17,22-23,26,29,33-34H,1,4-5,8,14,16H2,2-3H3/b15-12-,21-11+,29-13?/t22?,23?,26-/m1/s1. The number of halogens is 1. The van der Waals surface area contributed by atoms with Crippen LogP contribution in [0.1, 0.15) is 38.7 Å². The Bertz CT molecular complexity index is 1060. The molecule has 1 heterocycles. The number of hydrogen-bond acceptors (Lipinski definition) is 7. The molecule has 0 spiro atoms. The second-order valence-electron chi connectivity index (χ2n) is 9.21. The number of rotatable bonds is 9. The average Bonchev–Trinajstić information content (AvgIpc) is 3.00. The summed E-state index contributed by atoms with van der Waals surface area (Å²) in [5.74, 6) is 0.192. The van der Waals surface area contributed by atoms with E-state index >= 15 is 0 Å². The molecule has 1 aliphatic heterocycles. The topological polar surface area (TPSA) is 104 Å². The zero-order valence-electron chi connectivity index (χ0n) is 20.2. The monoisotopic (exact) mass is 480 g/mol. The van der Waals surface area contributed by atoms with Crippen LogP contribution in [0.2, 0.25) is 0 Å². The van der Waals surface area contributed by atoms with Crippen molar-refractivity contribution in [3.05, 3.63) is 72.5 Å². The second kappa shape index (κ2) is 11.2. The van der Waals surface area contributed by atoms with Gasteiger partial charge in [0.2, 0.25) is 0 Å². The minimum atomic E-state index is -0.854. The molecule has 3 N–H and O–H groups in total. The Balaban J connectivity index is 1.58. The van der Waals surface area contributed by atoms with E-state index < -0.39 is 23.5 Å². The third kappa shape index (κ3) is 5.57. The maximum absolute atomic E-state index is 14.3. The highest BCUT2D eigenvalue weighted by molar-refractivity contribution is 5.87. The first-order chi connectivity index (χ1) is 16.7. The SMILES string of the molecule is C=C1N(C2C=C(F)C(C#N)CC2)[C@H](O)C(C)(C)N1CCCOc1ccc(C(/C=C\O)=C/C=N)cc1. The molecule has 3 atom stereocenters. The number of hydrogen-bond donors (Lipinski definition) is 3. The molecule has 1 aromatic rings. The van der Waals surface area contributed by atoms with Gasteiger partial charge in [0.25, 0.3) is 0 Å². The average molecular weight is 481 g/mol. The lowest BCUT2D eigenvalue weighted by molar-refractivity contribution is -0.0191. The normalized spacial score (nSPS) is 24.4. The van der Waals surface area contributed by atoms with Gasteiger partial charge >= 0.3 is 0 Å². The van der Waals surface area contributed by atoms with Crippen molar-refractivity contribution in [2.24, 2.45) is 5.92 Å².